The Morgan fingerprint density at radius 2 is 1.00 bits per heavy atom. The summed E-state index contributed by atoms with van der Waals surface area (Å²) in [5.74, 6) is 0. The van der Waals surface area contributed by atoms with E-state index >= 15 is 0 Å². The minimum atomic E-state index is -3.95. The maximum absolute atomic E-state index is 8.56. The molecule has 0 aliphatic heterocycles. The summed E-state index contributed by atoms with van der Waals surface area (Å²) in [6.07, 6.45) is 0. The summed E-state index contributed by atoms with van der Waals surface area (Å²) < 4.78 is 25.7. The Hall–Kier alpha value is 1.39. The molecule has 0 aromatic heterocycles. The Labute approximate surface area is 64.0 Å². The topological polar surface area (TPSA) is 81.2 Å². The van der Waals surface area contributed by atoms with Crippen LogP contribution in [0.15, 0.2) is 0 Å². The third kappa shape index (κ3) is 53.9. The van der Waals surface area contributed by atoms with E-state index in [2.05, 4.69) is 0 Å². The van der Waals surface area contributed by atoms with Crippen LogP contribution < -0.4 is 0 Å². The standard InChI is InChI=1S/Ho.Mg.H2O.3O.H/h;;1H2;;;;/q;+1;;;;;/p-1. The van der Waals surface area contributed by atoms with Crippen molar-refractivity contribution in [3.8, 4) is 0 Å². The molecule has 4 nitrogen and oxygen atoms in total. The maximum atomic E-state index is 8.56. The molecule has 0 saturated heterocycles. The summed E-state index contributed by atoms with van der Waals surface area (Å²) in [4.78, 5) is 0. The van der Waals surface area contributed by atoms with Gasteiger partial charge in [-0.15, -0.1) is 0 Å². The van der Waals surface area contributed by atoms with Gasteiger partial charge in [0.2, 0.25) is 0 Å². The van der Waals surface area contributed by atoms with Gasteiger partial charge >= 0.3 is 59.5 Å². The molecule has 39 valence electrons. The summed E-state index contributed by atoms with van der Waals surface area (Å²) >= 11 is -3.95. The van der Waals surface area contributed by atoms with Gasteiger partial charge in [-0.1, -0.05) is 0 Å². The second kappa shape index (κ2) is 9.63. The van der Waals surface area contributed by atoms with Crippen LogP contribution in [0, 0.1) is 32.2 Å². The van der Waals surface area contributed by atoms with Gasteiger partial charge in [0.05, 0.1) is 0 Å². The summed E-state index contributed by atoms with van der Waals surface area (Å²) in [6, 6.07) is 0. The Morgan fingerprint density at radius 3 is 1.00 bits per heavy atom. The second-order valence-corrected chi connectivity index (χ2v) is 1.12. The van der Waals surface area contributed by atoms with Crippen LogP contribution in [0.2, 0.25) is 0 Å². The Kier molecular flexibility index (Phi) is 25.1. The second-order valence-electron chi connectivity index (χ2n) is 0.151. The normalized spacial score (nSPS) is 7.00. The molecule has 6 heavy (non-hydrogen) atoms. The van der Waals surface area contributed by atoms with Crippen molar-refractivity contribution < 1.29 is 41.9 Å². The SMILES string of the molecule is [MgH+].[OH-].[O]=[Ho](=[O])=[O]. The van der Waals surface area contributed by atoms with Crippen LogP contribution in [-0.2, 0) is 4.30 Å². The summed E-state index contributed by atoms with van der Waals surface area (Å²) in [5.41, 5.74) is 0. The van der Waals surface area contributed by atoms with Crippen LogP contribution in [0.4, 0.5) is 0 Å². The zero-order valence-corrected chi connectivity index (χ0v) is 6.91. The van der Waals surface area contributed by atoms with Crippen molar-refractivity contribution in [2.75, 3.05) is 0 Å². The molecule has 0 rings (SSSR count). The minimum absolute atomic E-state index is 0. The van der Waals surface area contributed by atoms with Crippen LogP contribution in [0.25, 0.3) is 0 Å². The summed E-state index contributed by atoms with van der Waals surface area (Å²) in [6.45, 7) is 0. The van der Waals surface area contributed by atoms with E-state index < -0.39 is 32.2 Å². The predicted molar refractivity (Wildman–Crippen MR) is 11.1 cm³/mol. The van der Waals surface area contributed by atoms with Gasteiger partial charge < -0.3 is 5.48 Å². The van der Waals surface area contributed by atoms with Gasteiger partial charge in [0, 0.05) is 0 Å². The molecular formula is H2HoMgO4. The fraction of sp³-hybridized carbons (Fsp3) is 0. The van der Waals surface area contributed by atoms with Gasteiger partial charge in [0.1, 0.15) is 0 Å². The van der Waals surface area contributed by atoms with Crippen molar-refractivity contribution in [1.29, 1.82) is 0 Å². The van der Waals surface area contributed by atoms with E-state index in [9.17, 15) is 0 Å². The van der Waals surface area contributed by atoms with Crippen molar-refractivity contribution in [3.63, 3.8) is 0 Å². The zero-order chi connectivity index (χ0) is 3.58. The molecule has 0 atom stereocenters. The molecule has 0 bridgehead atoms. The molecule has 0 aromatic carbocycles. The molecular weight excluding hydrogens is 253 g/mol. The number of rotatable bonds is 0. The van der Waals surface area contributed by atoms with Crippen LogP contribution >= 0.6 is 0 Å². The van der Waals surface area contributed by atoms with Gasteiger partial charge in [0.25, 0.3) is 0 Å². The van der Waals surface area contributed by atoms with E-state index in [1.807, 2.05) is 0 Å². The van der Waals surface area contributed by atoms with Crippen molar-refractivity contribution in [1.82, 2.24) is 0 Å². The van der Waals surface area contributed by atoms with E-state index in [4.69, 9.17) is 4.30 Å². The molecule has 0 radical (unpaired) electrons. The van der Waals surface area contributed by atoms with E-state index in [1.165, 1.54) is 0 Å². The first-order chi connectivity index (χ1) is 1.73. The first kappa shape index (κ1) is 15.7. The predicted octanol–water partition coefficient (Wildman–Crippen LogP) is -1.18. The van der Waals surface area contributed by atoms with Gasteiger partial charge in [-0.25, -0.2) is 0 Å². The molecule has 0 aliphatic rings. The number of hydrogen-bond acceptors (Lipinski definition) is 4. The Morgan fingerprint density at radius 1 is 1.00 bits per heavy atom. The van der Waals surface area contributed by atoms with E-state index in [0.29, 0.717) is 0 Å². The van der Waals surface area contributed by atoms with E-state index in [1.54, 1.807) is 0 Å². The fourth-order valence-corrected chi connectivity index (χ4v) is 0. The first-order valence-electron chi connectivity index (χ1n) is 0.369. The van der Waals surface area contributed by atoms with Crippen LogP contribution in [0.3, 0.4) is 0 Å². The van der Waals surface area contributed by atoms with Gasteiger partial charge in [-0.2, -0.15) is 0 Å². The molecule has 0 saturated carbocycles. The molecule has 0 amide bonds. The molecule has 0 fully saturated rings. The molecule has 0 spiro atoms. The third-order valence-electron chi connectivity index (χ3n) is 0. The van der Waals surface area contributed by atoms with Gasteiger partial charge in [0.15, 0.2) is 0 Å². The third-order valence-corrected chi connectivity index (χ3v) is 0. The van der Waals surface area contributed by atoms with Crippen molar-refractivity contribution in [3.05, 3.63) is 0 Å². The average Bonchev–Trinajstić information content (AvgIpc) is 0.811. The van der Waals surface area contributed by atoms with E-state index in [-0.39, 0.29) is 28.5 Å². The zero-order valence-electron chi connectivity index (χ0n) is 2.97. The summed E-state index contributed by atoms with van der Waals surface area (Å²) in [5, 5.41) is 0. The summed E-state index contributed by atoms with van der Waals surface area (Å²) in [7, 11) is 0. The van der Waals surface area contributed by atoms with Crippen molar-refractivity contribution >= 4 is 23.1 Å². The Bertz CT molecular complexity index is 76.9. The van der Waals surface area contributed by atoms with Gasteiger partial charge in [-0.05, 0) is 0 Å². The molecule has 6 heteroatoms. The van der Waals surface area contributed by atoms with Crippen LogP contribution in [0.5, 0.6) is 0 Å². The molecule has 0 aromatic rings. The number of hydrogen-bond donors (Lipinski definition) is 0. The molecule has 0 heterocycles. The van der Waals surface area contributed by atoms with Crippen LogP contribution in [0.1, 0.15) is 0 Å². The quantitative estimate of drug-likeness (QED) is 0.510. The van der Waals surface area contributed by atoms with Gasteiger partial charge in [-0.3, -0.25) is 0 Å². The van der Waals surface area contributed by atoms with E-state index in [0.717, 1.165) is 0 Å². The molecule has 0 unspecified atom stereocenters. The van der Waals surface area contributed by atoms with Crippen LogP contribution in [-0.4, -0.2) is 28.5 Å². The molecule has 0 aliphatic carbocycles. The van der Waals surface area contributed by atoms with Crippen molar-refractivity contribution in [2.24, 2.45) is 0 Å². The Balaban J connectivity index is -0.0000000450. The fourth-order valence-electron chi connectivity index (χ4n) is 0. The monoisotopic (exact) mass is 255 g/mol. The molecule has 1 N–H and O–H groups in total. The first-order valence-corrected chi connectivity index (χ1v) is 2.74. The average molecular weight is 255 g/mol. The van der Waals surface area contributed by atoms with Crippen molar-refractivity contribution in [2.45, 2.75) is 0 Å².